The van der Waals surface area contributed by atoms with E-state index in [1.54, 1.807) is 24.1 Å². The van der Waals surface area contributed by atoms with Crippen LogP contribution in [0.2, 0.25) is 5.02 Å². The first-order chi connectivity index (χ1) is 15.0. The van der Waals surface area contributed by atoms with Crippen LogP contribution in [-0.2, 0) is 0 Å². The zero-order valence-corrected chi connectivity index (χ0v) is 18.4. The van der Waals surface area contributed by atoms with Crippen LogP contribution in [0.5, 0.6) is 5.75 Å². The van der Waals surface area contributed by atoms with Gasteiger partial charge in [-0.3, -0.25) is 9.59 Å². The summed E-state index contributed by atoms with van der Waals surface area (Å²) in [5, 5.41) is 0.477. The van der Waals surface area contributed by atoms with Crippen LogP contribution in [-0.4, -0.2) is 41.4 Å². The van der Waals surface area contributed by atoms with E-state index in [0.717, 1.165) is 16.8 Å². The predicted molar refractivity (Wildman–Crippen MR) is 121 cm³/mol. The molecule has 5 nitrogen and oxygen atoms in total. The Labute approximate surface area is 187 Å². The monoisotopic (exact) mass is 436 g/mol. The number of rotatable bonds is 5. The number of halogens is 1. The molecule has 1 aliphatic rings. The molecule has 0 spiro atoms. The van der Waals surface area contributed by atoms with Gasteiger partial charge in [0, 0.05) is 43.0 Å². The first kappa shape index (κ1) is 21.2. The second-order valence-corrected chi connectivity index (χ2v) is 8.30. The highest BCUT2D eigenvalue weighted by Gasteiger charge is 2.30. The molecular formula is C25H25ClN2O3. The quantitative estimate of drug-likeness (QED) is 0.517. The van der Waals surface area contributed by atoms with Gasteiger partial charge in [-0.1, -0.05) is 41.4 Å². The summed E-state index contributed by atoms with van der Waals surface area (Å²) in [5.74, 6) is 0.451. The van der Waals surface area contributed by atoms with Gasteiger partial charge in [0.25, 0.3) is 5.91 Å². The van der Waals surface area contributed by atoms with Crippen LogP contribution in [0.15, 0.2) is 60.9 Å². The minimum Gasteiger partial charge on any atom is -0.496 e. The topological polar surface area (TPSA) is 51.5 Å². The molecule has 1 amide bonds. The molecule has 160 valence electrons. The second-order valence-electron chi connectivity index (χ2n) is 7.89. The lowest BCUT2D eigenvalue weighted by molar-refractivity contribution is 0.0647. The Bertz CT molecular complexity index is 1080. The standard InChI is InChI=1S/C25H25ClN2O3/c1-17-5-7-18(8-6-17)24(29)19-9-13-28(14-10-19)25(30)20-15-21(26)22(16-23(20)31-2)27-11-3-4-12-27/h3-8,11-12,15-16,19H,9-10,13-14H2,1-2H3. The number of nitrogens with zero attached hydrogens (tertiary/aromatic N) is 2. The predicted octanol–water partition coefficient (Wildman–Crippen LogP) is 5.18. The number of amides is 1. The fraction of sp³-hybridized carbons (Fsp3) is 0.280. The van der Waals surface area contributed by atoms with Gasteiger partial charge in [0.1, 0.15) is 5.75 Å². The number of ether oxygens (including phenoxy) is 1. The fourth-order valence-electron chi connectivity index (χ4n) is 4.04. The van der Waals surface area contributed by atoms with E-state index in [1.165, 1.54) is 0 Å². The lowest BCUT2D eigenvalue weighted by Gasteiger charge is -2.32. The van der Waals surface area contributed by atoms with E-state index in [-0.39, 0.29) is 17.6 Å². The van der Waals surface area contributed by atoms with E-state index in [2.05, 4.69) is 0 Å². The van der Waals surface area contributed by atoms with E-state index in [9.17, 15) is 9.59 Å². The van der Waals surface area contributed by atoms with Crippen LogP contribution in [0, 0.1) is 12.8 Å². The van der Waals surface area contributed by atoms with Crippen LogP contribution >= 0.6 is 11.6 Å². The van der Waals surface area contributed by atoms with Crippen molar-refractivity contribution in [3.63, 3.8) is 0 Å². The summed E-state index contributed by atoms with van der Waals surface area (Å²) in [6, 6.07) is 14.9. The van der Waals surface area contributed by atoms with Crippen LogP contribution in [0.3, 0.4) is 0 Å². The van der Waals surface area contributed by atoms with E-state index in [0.29, 0.717) is 42.3 Å². The molecule has 2 aromatic carbocycles. The molecule has 2 heterocycles. The van der Waals surface area contributed by atoms with Crippen molar-refractivity contribution >= 4 is 23.3 Å². The molecule has 0 bridgehead atoms. The van der Waals surface area contributed by atoms with Crippen molar-refractivity contribution in [1.82, 2.24) is 9.47 Å². The van der Waals surface area contributed by atoms with Crippen molar-refractivity contribution in [3.8, 4) is 11.4 Å². The Morgan fingerprint density at radius 1 is 1.03 bits per heavy atom. The maximum absolute atomic E-state index is 13.2. The lowest BCUT2D eigenvalue weighted by Crippen LogP contribution is -2.40. The number of hydrogen-bond donors (Lipinski definition) is 0. The summed E-state index contributed by atoms with van der Waals surface area (Å²) < 4.78 is 7.38. The molecule has 6 heteroatoms. The van der Waals surface area contributed by atoms with Crippen LogP contribution in [0.4, 0.5) is 0 Å². The number of carbonyl (C=O) groups excluding carboxylic acids is 2. The van der Waals surface area contributed by atoms with Gasteiger partial charge in [-0.05, 0) is 38.0 Å². The minimum absolute atomic E-state index is 0.0617. The first-order valence-electron chi connectivity index (χ1n) is 10.4. The van der Waals surface area contributed by atoms with Crippen molar-refractivity contribution in [2.24, 2.45) is 5.92 Å². The number of aromatic nitrogens is 1. The Morgan fingerprint density at radius 2 is 1.68 bits per heavy atom. The molecule has 0 atom stereocenters. The Balaban J connectivity index is 1.48. The molecule has 0 unspecified atom stereocenters. The van der Waals surface area contributed by atoms with Gasteiger partial charge in [0.15, 0.2) is 5.78 Å². The van der Waals surface area contributed by atoms with Crippen LogP contribution in [0.1, 0.15) is 39.1 Å². The number of carbonyl (C=O) groups is 2. The molecule has 1 saturated heterocycles. The van der Waals surface area contributed by atoms with Crippen molar-refractivity contribution in [1.29, 1.82) is 0 Å². The third-order valence-electron chi connectivity index (χ3n) is 5.87. The van der Waals surface area contributed by atoms with Crippen molar-refractivity contribution in [3.05, 3.63) is 82.6 Å². The SMILES string of the molecule is COc1cc(-n2cccc2)c(Cl)cc1C(=O)N1CCC(C(=O)c2ccc(C)cc2)CC1. The van der Waals surface area contributed by atoms with Gasteiger partial charge in [-0.2, -0.15) is 0 Å². The molecule has 1 aromatic heterocycles. The number of likely N-dealkylation sites (tertiary alicyclic amines) is 1. The molecule has 0 saturated carbocycles. The molecule has 31 heavy (non-hydrogen) atoms. The van der Waals surface area contributed by atoms with Crippen LogP contribution in [0.25, 0.3) is 5.69 Å². The van der Waals surface area contributed by atoms with Crippen molar-refractivity contribution < 1.29 is 14.3 Å². The molecule has 0 radical (unpaired) electrons. The zero-order valence-electron chi connectivity index (χ0n) is 17.7. The Kier molecular flexibility index (Phi) is 6.14. The second kappa shape index (κ2) is 8.98. The van der Waals surface area contributed by atoms with Crippen LogP contribution < -0.4 is 4.74 Å². The van der Waals surface area contributed by atoms with Gasteiger partial charge in [-0.15, -0.1) is 0 Å². The maximum atomic E-state index is 13.2. The fourth-order valence-corrected chi connectivity index (χ4v) is 4.30. The number of ketones is 1. The number of methoxy groups -OCH3 is 1. The van der Waals surface area contributed by atoms with Crippen molar-refractivity contribution in [2.45, 2.75) is 19.8 Å². The highest BCUT2D eigenvalue weighted by atomic mass is 35.5. The summed E-state index contributed by atoms with van der Waals surface area (Å²) in [5.41, 5.74) is 3.06. The Morgan fingerprint density at radius 3 is 2.29 bits per heavy atom. The average molecular weight is 437 g/mol. The molecule has 0 N–H and O–H groups in total. The molecular weight excluding hydrogens is 412 g/mol. The summed E-state index contributed by atoms with van der Waals surface area (Å²) in [6.45, 7) is 3.06. The van der Waals surface area contributed by atoms with Crippen molar-refractivity contribution in [2.75, 3.05) is 20.2 Å². The molecule has 0 aliphatic carbocycles. The Hall–Kier alpha value is -3.05. The van der Waals surface area contributed by atoms with E-state index in [4.69, 9.17) is 16.3 Å². The normalized spacial score (nSPS) is 14.5. The van der Waals surface area contributed by atoms with E-state index < -0.39 is 0 Å². The average Bonchev–Trinajstić information content (AvgIpc) is 3.33. The maximum Gasteiger partial charge on any atom is 0.257 e. The summed E-state index contributed by atoms with van der Waals surface area (Å²) in [4.78, 5) is 27.8. The zero-order chi connectivity index (χ0) is 22.0. The van der Waals surface area contributed by atoms with Gasteiger partial charge in [0.2, 0.25) is 0 Å². The number of benzene rings is 2. The molecule has 1 aliphatic heterocycles. The van der Waals surface area contributed by atoms with E-state index >= 15 is 0 Å². The minimum atomic E-state index is -0.126. The largest absolute Gasteiger partial charge is 0.496 e. The third kappa shape index (κ3) is 4.37. The third-order valence-corrected chi connectivity index (χ3v) is 6.17. The smallest absolute Gasteiger partial charge is 0.257 e. The van der Waals surface area contributed by atoms with Gasteiger partial charge >= 0.3 is 0 Å². The lowest BCUT2D eigenvalue weighted by atomic mass is 9.88. The highest BCUT2D eigenvalue weighted by Crippen LogP contribution is 2.32. The summed E-state index contributed by atoms with van der Waals surface area (Å²) in [6.07, 6.45) is 5.07. The van der Waals surface area contributed by atoms with Gasteiger partial charge in [0.05, 0.1) is 23.4 Å². The number of hydrogen-bond acceptors (Lipinski definition) is 3. The highest BCUT2D eigenvalue weighted by molar-refractivity contribution is 6.33. The molecule has 3 aromatic rings. The number of Topliss-reactive ketones (excluding diaryl/α,β-unsaturated/α-hetero) is 1. The van der Waals surface area contributed by atoms with E-state index in [1.807, 2.05) is 60.3 Å². The molecule has 4 rings (SSSR count). The summed E-state index contributed by atoms with van der Waals surface area (Å²) >= 11 is 6.48. The molecule has 1 fully saturated rings. The first-order valence-corrected chi connectivity index (χ1v) is 10.8. The van der Waals surface area contributed by atoms with Gasteiger partial charge in [-0.25, -0.2) is 0 Å². The summed E-state index contributed by atoms with van der Waals surface area (Å²) in [7, 11) is 1.55. The number of piperidine rings is 1. The number of aryl methyl sites for hydroxylation is 1. The van der Waals surface area contributed by atoms with Gasteiger partial charge < -0.3 is 14.2 Å².